The highest BCUT2D eigenvalue weighted by Crippen LogP contribution is 2.26. The molecular weight excluding hydrogens is 340 g/mol. The molecule has 1 atom stereocenters. The number of benzene rings is 1. The summed E-state index contributed by atoms with van der Waals surface area (Å²) in [5, 5.41) is 4.11. The lowest BCUT2D eigenvalue weighted by Crippen LogP contribution is -2.37. The summed E-state index contributed by atoms with van der Waals surface area (Å²) >= 11 is 0. The molecule has 1 aliphatic rings. The number of rotatable bonds is 7. The highest BCUT2D eigenvalue weighted by molar-refractivity contribution is 5.87. The standard InChI is InChI=1S/C22H26N2O3/c1-2-16-7-8-18-17(15-27-21(18)12-16)13-22(25)23-14-19(20-6-5-11-26-20)24-9-3-4-10-24/h5-8,11-12,15,19H,2-4,9-10,13-14H2,1H3,(H,23,25)/t19-/m1/s1. The number of amides is 1. The van der Waals surface area contributed by atoms with Gasteiger partial charge in [-0.15, -0.1) is 0 Å². The van der Waals surface area contributed by atoms with Crippen molar-refractivity contribution in [1.82, 2.24) is 10.2 Å². The molecule has 1 aliphatic heterocycles. The summed E-state index contributed by atoms with van der Waals surface area (Å²) in [5.74, 6) is 0.922. The predicted molar refractivity (Wildman–Crippen MR) is 105 cm³/mol. The van der Waals surface area contributed by atoms with Crippen LogP contribution in [0.4, 0.5) is 0 Å². The molecular formula is C22H26N2O3. The van der Waals surface area contributed by atoms with Gasteiger partial charge in [-0.3, -0.25) is 9.69 Å². The van der Waals surface area contributed by atoms with Crippen molar-refractivity contribution in [1.29, 1.82) is 0 Å². The van der Waals surface area contributed by atoms with Crippen molar-refractivity contribution in [2.24, 2.45) is 0 Å². The van der Waals surface area contributed by atoms with E-state index in [1.54, 1.807) is 12.5 Å². The van der Waals surface area contributed by atoms with Crippen molar-refractivity contribution >= 4 is 16.9 Å². The van der Waals surface area contributed by atoms with E-state index < -0.39 is 0 Å². The quantitative estimate of drug-likeness (QED) is 0.684. The minimum Gasteiger partial charge on any atom is -0.468 e. The van der Waals surface area contributed by atoms with Crippen LogP contribution in [0.15, 0.2) is 51.7 Å². The number of aryl methyl sites for hydroxylation is 1. The Morgan fingerprint density at radius 2 is 2.07 bits per heavy atom. The Morgan fingerprint density at radius 1 is 1.22 bits per heavy atom. The summed E-state index contributed by atoms with van der Waals surface area (Å²) in [6.07, 6.45) is 7.09. The van der Waals surface area contributed by atoms with Crippen LogP contribution in [0, 0.1) is 0 Å². The average molecular weight is 366 g/mol. The Kier molecular flexibility index (Phi) is 5.30. The monoisotopic (exact) mass is 366 g/mol. The SMILES string of the molecule is CCc1ccc2c(CC(=O)NC[C@H](c3ccco3)N3CCCC3)coc2c1. The van der Waals surface area contributed by atoms with E-state index >= 15 is 0 Å². The van der Waals surface area contributed by atoms with Crippen molar-refractivity contribution in [3.63, 3.8) is 0 Å². The molecule has 5 heteroatoms. The highest BCUT2D eigenvalue weighted by Gasteiger charge is 2.26. The van der Waals surface area contributed by atoms with Crippen LogP contribution in [0.2, 0.25) is 0 Å². The molecule has 0 saturated carbocycles. The summed E-state index contributed by atoms with van der Waals surface area (Å²) < 4.78 is 11.3. The lowest BCUT2D eigenvalue weighted by Gasteiger charge is -2.26. The van der Waals surface area contributed by atoms with Gasteiger partial charge in [-0.2, -0.15) is 0 Å². The average Bonchev–Trinajstić information content (AvgIpc) is 3.44. The number of hydrogen-bond donors (Lipinski definition) is 1. The van der Waals surface area contributed by atoms with Gasteiger partial charge in [-0.05, 0) is 56.1 Å². The number of nitrogens with zero attached hydrogens (tertiary/aromatic N) is 1. The summed E-state index contributed by atoms with van der Waals surface area (Å²) in [4.78, 5) is 15.0. The first-order valence-corrected chi connectivity index (χ1v) is 9.77. The Morgan fingerprint density at radius 3 is 2.81 bits per heavy atom. The summed E-state index contributed by atoms with van der Waals surface area (Å²) in [7, 11) is 0. The molecule has 0 aliphatic carbocycles. The van der Waals surface area contributed by atoms with Crippen LogP contribution >= 0.6 is 0 Å². The van der Waals surface area contributed by atoms with Gasteiger partial charge in [0.15, 0.2) is 0 Å². The van der Waals surface area contributed by atoms with E-state index in [9.17, 15) is 4.79 Å². The molecule has 5 nitrogen and oxygen atoms in total. The van der Waals surface area contributed by atoms with Crippen LogP contribution in [0.1, 0.15) is 42.7 Å². The molecule has 1 N–H and O–H groups in total. The topological polar surface area (TPSA) is 58.6 Å². The fraction of sp³-hybridized carbons (Fsp3) is 0.409. The third-order valence-electron chi connectivity index (χ3n) is 5.42. The Hall–Kier alpha value is -2.53. The summed E-state index contributed by atoms with van der Waals surface area (Å²) in [6.45, 7) is 4.77. The molecule has 1 fully saturated rings. The maximum absolute atomic E-state index is 12.6. The number of fused-ring (bicyclic) bond motifs is 1. The van der Waals surface area contributed by atoms with Gasteiger partial charge >= 0.3 is 0 Å². The fourth-order valence-electron chi connectivity index (χ4n) is 3.87. The number of likely N-dealkylation sites (tertiary alicyclic amines) is 1. The van der Waals surface area contributed by atoms with Crippen LogP contribution < -0.4 is 5.32 Å². The van der Waals surface area contributed by atoms with Gasteiger partial charge in [-0.1, -0.05) is 19.1 Å². The largest absolute Gasteiger partial charge is 0.468 e. The summed E-state index contributed by atoms with van der Waals surface area (Å²) in [6, 6.07) is 10.2. The van der Waals surface area contributed by atoms with E-state index in [0.717, 1.165) is 41.8 Å². The first kappa shape index (κ1) is 17.9. The lowest BCUT2D eigenvalue weighted by atomic mass is 10.1. The van der Waals surface area contributed by atoms with E-state index in [1.807, 2.05) is 12.1 Å². The number of nitrogens with one attached hydrogen (secondary N) is 1. The van der Waals surface area contributed by atoms with Crippen molar-refractivity contribution in [3.8, 4) is 0 Å². The van der Waals surface area contributed by atoms with Crippen LogP contribution in [-0.2, 0) is 17.6 Å². The van der Waals surface area contributed by atoms with Gasteiger partial charge in [0, 0.05) is 17.5 Å². The zero-order valence-corrected chi connectivity index (χ0v) is 15.7. The van der Waals surface area contributed by atoms with E-state index in [1.165, 1.54) is 18.4 Å². The number of hydrogen-bond acceptors (Lipinski definition) is 4. The Bertz CT molecular complexity index is 892. The number of carbonyl (C=O) groups excluding carboxylic acids is 1. The zero-order chi connectivity index (χ0) is 18.6. The van der Waals surface area contributed by atoms with Gasteiger partial charge in [0.05, 0.1) is 25.0 Å². The second-order valence-electron chi connectivity index (χ2n) is 7.20. The molecule has 142 valence electrons. The normalized spacial score (nSPS) is 16.0. The van der Waals surface area contributed by atoms with Crippen LogP contribution in [0.5, 0.6) is 0 Å². The molecule has 27 heavy (non-hydrogen) atoms. The molecule has 3 heterocycles. The smallest absolute Gasteiger partial charge is 0.224 e. The van der Waals surface area contributed by atoms with Crippen molar-refractivity contribution < 1.29 is 13.6 Å². The minimum atomic E-state index is 0.00743. The van der Waals surface area contributed by atoms with Gasteiger partial charge in [0.2, 0.25) is 5.91 Å². The van der Waals surface area contributed by atoms with Crippen molar-refractivity contribution in [2.45, 2.75) is 38.6 Å². The fourth-order valence-corrected chi connectivity index (χ4v) is 3.87. The van der Waals surface area contributed by atoms with Crippen LogP contribution in [-0.4, -0.2) is 30.4 Å². The summed E-state index contributed by atoms with van der Waals surface area (Å²) in [5.41, 5.74) is 3.02. The molecule has 0 spiro atoms. The zero-order valence-electron chi connectivity index (χ0n) is 15.7. The van der Waals surface area contributed by atoms with E-state index in [0.29, 0.717) is 13.0 Å². The molecule has 0 radical (unpaired) electrons. The molecule has 0 unspecified atom stereocenters. The molecule has 0 bridgehead atoms. The Labute approximate surface area is 159 Å². The van der Waals surface area contributed by atoms with Crippen molar-refractivity contribution in [2.75, 3.05) is 19.6 Å². The molecule has 3 aromatic rings. The molecule has 1 aromatic carbocycles. The second-order valence-corrected chi connectivity index (χ2v) is 7.20. The highest BCUT2D eigenvalue weighted by atomic mass is 16.3. The van der Waals surface area contributed by atoms with E-state index in [4.69, 9.17) is 8.83 Å². The molecule has 1 amide bonds. The predicted octanol–water partition coefficient (Wildman–Crippen LogP) is 4.08. The van der Waals surface area contributed by atoms with Crippen LogP contribution in [0.25, 0.3) is 11.0 Å². The van der Waals surface area contributed by atoms with Crippen LogP contribution in [0.3, 0.4) is 0 Å². The Balaban J connectivity index is 1.41. The first-order chi connectivity index (χ1) is 13.2. The van der Waals surface area contributed by atoms with Gasteiger partial charge in [0.25, 0.3) is 0 Å². The first-order valence-electron chi connectivity index (χ1n) is 9.77. The molecule has 1 saturated heterocycles. The van der Waals surface area contributed by atoms with Gasteiger partial charge < -0.3 is 14.2 Å². The van der Waals surface area contributed by atoms with Crippen molar-refractivity contribution in [3.05, 3.63) is 59.7 Å². The molecule has 2 aromatic heterocycles. The maximum atomic E-state index is 12.6. The maximum Gasteiger partial charge on any atom is 0.224 e. The van der Waals surface area contributed by atoms with E-state index in [2.05, 4.69) is 35.3 Å². The number of furan rings is 2. The van der Waals surface area contributed by atoms with Gasteiger partial charge in [0.1, 0.15) is 11.3 Å². The third kappa shape index (κ3) is 3.93. The lowest BCUT2D eigenvalue weighted by molar-refractivity contribution is -0.120. The second kappa shape index (κ2) is 8.01. The van der Waals surface area contributed by atoms with E-state index in [-0.39, 0.29) is 11.9 Å². The number of carbonyl (C=O) groups is 1. The molecule has 4 rings (SSSR count). The minimum absolute atomic E-state index is 0.00743. The van der Waals surface area contributed by atoms with Gasteiger partial charge in [-0.25, -0.2) is 0 Å². The third-order valence-corrected chi connectivity index (χ3v) is 5.42.